The van der Waals surface area contributed by atoms with Crippen molar-refractivity contribution in [2.75, 3.05) is 0 Å². The van der Waals surface area contributed by atoms with Gasteiger partial charge in [0.25, 0.3) is 0 Å². The highest BCUT2D eigenvalue weighted by molar-refractivity contribution is 5.91. The molecular weight excluding hydrogens is 284 g/mol. The van der Waals surface area contributed by atoms with Gasteiger partial charge in [0.1, 0.15) is 0 Å². The van der Waals surface area contributed by atoms with Gasteiger partial charge in [0.15, 0.2) is 5.78 Å². The van der Waals surface area contributed by atoms with Gasteiger partial charge >= 0.3 is 0 Å². The van der Waals surface area contributed by atoms with E-state index in [1.54, 1.807) is 0 Å². The van der Waals surface area contributed by atoms with E-state index < -0.39 is 5.60 Å². The summed E-state index contributed by atoms with van der Waals surface area (Å²) in [6.07, 6.45) is 14.0. The van der Waals surface area contributed by atoms with Crippen molar-refractivity contribution in [3.05, 3.63) is 23.8 Å². The van der Waals surface area contributed by atoms with Crippen molar-refractivity contribution in [2.45, 2.75) is 64.4 Å². The van der Waals surface area contributed by atoms with Crippen molar-refractivity contribution >= 4 is 5.78 Å². The predicted molar refractivity (Wildman–Crippen MR) is 89.7 cm³/mol. The first-order valence-electron chi connectivity index (χ1n) is 9.56. The molecule has 7 atom stereocenters. The van der Waals surface area contributed by atoms with Gasteiger partial charge in [-0.3, -0.25) is 4.79 Å². The largest absolute Gasteiger partial charge is 0.385 e. The van der Waals surface area contributed by atoms with E-state index in [0.29, 0.717) is 23.5 Å². The maximum Gasteiger partial charge on any atom is 0.155 e. The molecule has 0 aromatic rings. The van der Waals surface area contributed by atoms with Gasteiger partial charge in [-0.25, -0.2) is 0 Å². The summed E-state index contributed by atoms with van der Waals surface area (Å²) in [5, 5.41) is 11.2. The van der Waals surface area contributed by atoms with Crippen LogP contribution in [0.15, 0.2) is 23.8 Å². The van der Waals surface area contributed by atoms with Crippen LogP contribution >= 0.6 is 0 Å². The van der Waals surface area contributed by atoms with E-state index in [0.717, 1.165) is 44.4 Å². The zero-order valence-electron chi connectivity index (χ0n) is 14.3. The topological polar surface area (TPSA) is 37.3 Å². The number of carbonyl (C=O) groups excluding carboxylic acids is 1. The lowest BCUT2D eigenvalue weighted by atomic mass is 9.44. The lowest BCUT2D eigenvalue weighted by Gasteiger charge is -2.60. The number of hydrogen-bond donors (Lipinski definition) is 1. The van der Waals surface area contributed by atoms with Gasteiger partial charge in [-0.05, 0) is 68.3 Å². The predicted octanol–water partition coefficient (Wildman–Crippen LogP) is 4.05. The number of allylic oxidation sites excluding steroid dienone is 2. The maximum atomic E-state index is 11.9. The fourth-order valence-corrected chi connectivity index (χ4v) is 7.73. The van der Waals surface area contributed by atoms with Crippen LogP contribution in [0.25, 0.3) is 0 Å². The molecule has 2 unspecified atom stereocenters. The van der Waals surface area contributed by atoms with Gasteiger partial charge in [-0.1, -0.05) is 31.6 Å². The summed E-state index contributed by atoms with van der Waals surface area (Å²) in [6.45, 7) is 4.76. The first kappa shape index (κ1) is 14.5. The SMILES string of the molecule is C[C@@H]1CC2=CC(=O)CCC2[C@H]2CC[C@@]3(C)C4(C=C[C@]3(O)CC4)[C@H]12. The van der Waals surface area contributed by atoms with E-state index in [1.165, 1.54) is 12.0 Å². The minimum atomic E-state index is -0.559. The summed E-state index contributed by atoms with van der Waals surface area (Å²) in [5.41, 5.74) is 1.14. The number of fused-ring (bicyclic) bond motifs is 3. The minimum absolute atomic E-state index is 0.0428. The van der Waals surface area contributed by atoms with Crippen LogP contribution in [-0.2, 0) is 4.79 Å². The number of carbonyl (C=O) groups is 1. The molecule has 2 heteroatoms. The van der Waals surface area contributed by atoms with Gasteiger partial charge in [-0.15, -0.1) is 0 Å². The van der Waals surface area contributed by atoms with E-state index in [2.05, 4.69) is 26.0 Å². The van der Waals surface area contributed by atoms with Crippen LogP contribution in [0.3, 0.4) is 0 Å². The first-order valence-corrected chi connectivity index (χ1v) is 9.56. The Kier molecular flexibility index (Phi) is 2.64. The van der Waals surface area contributed by atoms with Gasteiger partial charge in [-0.2, -0.15) is 0 Å². The number of ketones is 1. The Morgan fingerprint density at radius 1 is 1.17 bits per heavy atom. The standard InChI is InChI=1S/C21H28O2/c1-13-11-14-12-15(22)3-4-16(14)17-5-6-19(2)20(18(13)17)7-9-21(19,23)10-8-20/h7,9,12-13,16-18,23H,3-6,8,10-11H2,1-2H3/t13-,16?,17-,18-,19+,20?,21+/m1/s1. The highest BCUT2D eigenvalue weighted by atomic mass is 16.3. The van der Waals surface area contributed by atoms with E-state index in [4.69, 9.17) is 0 Å². The summed E-state index contributed by atoms with van der Waals surface area (Å²) >= 11 is 0. The molecule has 0 amide bonds. The van der Waals surface area contributed by atoms with E-state index in [-0.39, 0.29) is 10.8 Å². The average molecular weight is 312 g/mol. The molecule has 0 saturated heterocycles. The Morgan fingerprint density at radius 2 is 2.00 bits per heavy atom. The third-order valence-electron chi connectivity index (χ3n) is 8.80. The first-order chi connectivity index (χ1) is 10.9. The normalized spacial score (nSPS) is 56.8. The van der Waals surface area contributed by atoms with Crippen molar-refractivity contribution < 1.29 is 9.90 Å². The van der Waals surface area contributed by atoms with E-state index >= 15 is 0 Å². The van der Waals surface area contributed by atoms with Crippen LogP contribution in [0.4, 0.5) is 0 Å². The lowest BCUT2D eigenvalue weighted by Crippen LogP contribution is -2.56. The molecule has 0 aliphatic heterocycles. The lowest BCUT2D eigenvalue weighted by molar-refractivity contribution is -0.127. The molecule has 0 aromatic heterocycles. The summed E-state index contributed by atoms with van der Waals surface area (Å²) in [5.74, 6) is 3.01. The Morgan fingerprint density at radius 3 is 2.74 bits per heavy atom. The average Bonchev–Trinajstić information content (AvgIpc) is 2.88. The number of aliphatic hydroxyl groups is 1. The van der Waals surface area contributed by atoms with E-state index in [1.807, 2.05) is 6.08 Å². The van der Waals surface area contributed by atoms with Crippen LogP contribution in [0.5, 0.6) is 0 Å². The molecule has 3 saturated carbocycles. The third-order valence-corrected chi connectivity index (χ3v) is 8.80. The summed E-state index contributed by atoms with van der Waals surface area (Å²) in [6, 6.07) is 0. The third kappa shape index (κ3) is 1.48. The molecule has 5 aliphatic carbocycles. The molecular formula is C21H28O2. The molecule has 1 N–H and O–H groups in total. The second-order valence-electron chi connectivity index (χ2n) is 9.37. The Bertz CT molecular complexity index is 646. The molecule has 0 heterocycles. The molecule has 0 radical (unpaired) electrons. The highest BCUT2D eigenvalue weighted by Gasteiger charge is 2.72. The molecule has 23 heavy (non-hydrogen) atoms. The maximum absolute atomic E-state index is 11.9. The highest BCUT2D eigenvalue weighted by Crippen LogP contribution is 2.75. The van der Waals surface area contributed by atoms with Crippen LogP contribution in [0.2, 0.25) is 0 Å². The summed E-state index contributed by atoms with van der Waals surface area (Å²) < 4.78 is 0. The van der Waals surface area contributed by atoms with Crippen molar-refractivity contribution in [3.63, 3.8) is 0 Å². The van der Waals surface area contributed by atoms with Crippen molar-refractivity contribution in [1.29, 1.82) is 0 Å². The number of rotatable bonds is 0. The zero-order valence-corrected chi connectivity index (χ0v) is 14.3. The van der Waals surface area contributed by atoms with Gasteiger partial charge in [0, 0.05) is 17.3 Å². The fourth-order valence-electron chi connectivity index (χ4n) is 7.73. The summed E-state index contributed by atoms with van der Waals surface area (Å²) in [4.78, 5) is 11.9. The van der Waals surface area contributed by atoms with Crippen molar-refractivity contribution in [2.24, 2.45) is 34.5 Å². The number of hydrogen-bond acceptors (Lipinski definition) is 2. The van der Waals surface area contributed by atoms with Crippen LogP contribution in [0, 0.1) is 34.5 Å². The van der Waals surface area contributed by atoms with Crippen molar-refractivity contribution in [3.8, 4) is 0 Å². The smallest absolute Gasteiger partial charge is 0.155 e. The Hall–Kier alpha value is -0.890. The van der Waals surface area contributed by atoms with Crippen molar-refractivity contribution in [1.82, 2.24) is 0 Å². The van der Waals surface area contributed by atoms with Gasteiger partial charge in [0.05, 0.1) is 5.60 Å². The van der Waals surface area contributed by atoms with Crippen LogP contribution in [0.1, 0.15) is 58.8 Å². The van der Waals surface area contributed by atoms with Crippen LogP contribution in [-0.4, -0.2) is 16.5 Å². The molecule has 124 valence electrons. The second-order valence-corrected chi connectivity index (χ2v) is 9.37. The summed E-state index contributed by atoms with van der Waals surface area (Å²) in [7, 11) is 0. The minimum Gasteiger partial charge on any atom is -0.385 e. The van der Waals surface area contributed by atoms with E-state index in [9.17, 15) is 9.90 Å². The quantitative estimate of drug-likeness (QED) is 0.685. The van der Waals surface area contributed by atoms with Gasteiger partial charge < -0.3 is 5.11 Å². The molecule has 5 aliphatic rings. The zero-order chi connectivity index (χ0) is 16.0. The second kappa shape index (κ2) is 4.20. The molecule has 5 rings (SSSR count). The Balaban J connectivity index is 1.61. The molecule has 2 bridgehead atoms. The molecule has 3 fully saturated rings. The monoisotopic (exact) mass is 312 g/mol. The Labute approximate surface area is 139 Å². The van der Waals surface area contributed by atoms with Crippen LogP contribution < -0.4 is 0 Å². The van der Waals surface area contributed by atoms with Gasteiger partial charge in [0.2, 0.25) is 0 Å². The molecule has 0 aromatic carbocycles. The molecule has 0 spiro atoms. The molecule has 2 nitrogen and oxygen atoms in total. The fraction of sp³-hybridized carbons (Fsp3) is 0.762.